The van der Waals surface area contributed by atoms with E-state index in [4.69, 9.17) is 4.98 Å². The molecule has 3 aromatic carbocycles. The van der Waals surface area contributed by atoms with Gasteiger partial charge in [-0.3, -0.25) is 9.59 Å². The monoisotopic (exact) mass is 444 g/mol. The number of Topliss-reactive ketones (excluding diaryl/α,β-unsaturated/α-hetero) is 2. The molecule has 4 heteroatoms. The first-order valence-electron chi connectivity index (χ1n) is 11.7. The van der Waals surface area contributed by atoms with E-state index in [1.54, 1.807) is 6.92 Å². The number of fused-ring (bicyclic) bond motifs is 4. The van der Waals surface area contributed by atoms with Crippen LogP contribution >= 0.6 is 0 Å². The first kappa shape index (κ1) is 20.5. The maximum atomic E-state index is 13.7. The maximum absolute atomic E-state index is 13.7. The number of pyridine rings is 1. The molecule has 0 spiro atoms. The SMILES string of the molecule is CC(=O)[C@@H]1C[C@@H](C(=O)c2ccccc2)N2c3ccccc3C=C(c3ccc4ccccc4n3)[C@@H]12. The molecule has 3 atom stereocenters. The zero-order valence-corrected chi connectivity index (χ0v) is 18.9. The van der Waals surface area contributed by atoms with Crippen LogP contribution in [0.2, 0.25) is 0 Å². The van der Waals surface area contributed by atoms with Gasteiger partial charge in [0.1, 0.15) is 5.78 Å². The molecule has 1 saturated heterocycles. The molecule has 0 N–H and O–H groups in total. The third-order valence-corrected chi connectivity index (χ3v) is 7.12. The van der Waals surface area contributed by atoms with Crippen molar-refractivity contribution in [1.82, 2.24) is 4.98 Å². The molecule has 0 saturated carbocycles. The topological polar surface area (TPSA) is 50.3 Å². The fourth-order valence-corrected chi connectivity index (χ4v) is 5.52. The smallest absolute Gasteiger partial charge is 0.185 e. The minimum atomic E-state index is -0.411. The van der Waals surface area contributed by atoms with Crippen molar-refractivity contribution in [3.63, 3.8) is 0 Å². The van der Waals surface area contributed by atoms with Crippen LogP contribution in [-0.4, -0.2) is 28.6 Å². The summed E-state index contributed by atoms with van der Waals surface area (Å²) in [6.07, 6.45) is 2.64. The molecule has 0 unspecified atom stereocenters. The lowest BCUT2D eigenvalue weighted by molar-refractivity contribution is -0.120. The number of benzene rings is 3. The summed E-state index contributed by atoms with van der Waals surface area (Å²) < 4.78 is 0. The Morgan fingerprint density at radius 3 is 2.41 bits per heavy atom. The van der Waals surface area contributed by atoms with Crippen molar-refractivity contribution in [2.75, 3.05) is 4.90 Å². The zero-order valence-electron chi connectivity index (χ0n) is 18.9. The molecule has 0 aliphatic carbocycles. The van der Waals surface area contributed by atoms with Gasteiger partial charge in [-0.2, -0.15) is 0 Å². The second kappa shape index (κ2) is 8.07. The number of para-hydroxylation sites is 2. The molecule has 1 aromatic heterocycles. The number of carbonyl (C=O) groups excluding carboxylic acids is 2. The summed E-state index contributed by atoms with van der Waals surface area (Å²) in [6, 6.07) is 29.0. The lowest BCUT2D eigenvalue weighted by Crippen LogP contribution is -2.44. The summed E-state index contributed by atoms with van der Waals surface area (Å²) >= 11 is 0. The third kappa shape index (κ3) is 3.26. The second-order valence-corrected chi connectivity index (χ2v) is 9.10. The molecule has 4 aromatic rings. The molecule has 4 nitrogen and oxygen atoms in total. The summed E-state index contributed by atoms with van der Waals surface area (Å²) in [4.78, 5) is 33.8. The Balaban J connectivity index is 1.53. The molecule has 34 heavy (non-hydrogen) atoms. The number of rotatable bonds is 4. The zero-order chi connectivity index (χ0) is 23.2. The van der Waals surface area contributed by atoms with E-state index in [9.17, 15) is 9.59 Å². The third-order valence-electron chi connectivity index (χ3n) is 7.12. The van der Waals surface area contributed by atoms with Gasteiger partial charge < -0.3 is 4.90 Å². The van der Waals surface area contributed by atoms with Gasteiger partial charge in [0, 0.05) is 28.1 Å². The van der Waals surface area contributed by atoms with Gasteiger partial charge in [-0.05, 0) is 43.2 Å². The number of ketones is 2. The van der Waals surface area contributed by atoms with Crippen LogP contribution in [0.5, 0.6) is 0 Å². The van der Waals surface area contributed by atoms with E-state index in [-0.39, 0.29) is 23.5 Å². The molecule has 3 heterocycles. The van der Waals surface area contributed by atoms with Crippen molar-refractivity contribution in [2.45, 2.75) is 25.4 Å². The molecule has 2 aliphatic rings. The predicted octanol–water partition coefficient (Wildman–Crippen LogP) is 5.82. The van der Waals surface area contributed by atoms with E-state index in [2.05, 4.69) is 29.2 Å². The first-order valence-corrected chi connectivity index (χ1v) is 11.7. The van der Waals surface area contributed by atoms with Crippen LogP contribution in [0, 0.1) is 5.92 Å². The Labute approximate surface area is 198 Å². The van der Waals surface area contributed by atoms with E-state index in [0.717, 1.165) is 33.4 Å². The average molecular weight is 445 g/mol. The van der Waals surface area contributed by atoms with Gasteiger partial charge >= 0.3 is 0 Å². The van der Waals surface area contributed by atoms with Crippen molar-refractivity contribution < 1.29 is 9.59 Å². The first-order chi connectivity index (χ1) is 16.6. The largest absolute Gasteiger partial charge is 0.353 e. The Bertz CT molecular complexity index is 1460. The number of carbonyl (C=O) groups is 2. The summed E-state index contributed by atoms with van der Waals surface area (Å²) in [5.74, 6) is -0.133. The molecule has 0 radical (unpaired) electrons. The Kier molecular flexibility index (Phi) is 4.88. The summed E-state index contributed by atoms with van der Waals surface area (Å²) in [5, 5.41) is 1.08. The van der Waals surface area contributed by atoms with Crippen molar-refractivity contribution in [3.05, 3.63) is 108 Å². The Morgan fingerprint density at radius 2 is 1.59 bits per heavy atom. The highest BCUT2D eigenvalue weighted by Gasteiger charge is 2.50. The lowest BCUT2D eigenvalue weighted by atomic mass is 9.85. The van der Waals surface area contributed by atoms with Crippen LogP contribution in [0.1, 0.15) is 35.0 Å². The summed E-state index contributed by atoms with van der Waals surface area (Å²) in [6.45, 7) is 1.64. The van der Waals surface area contributed by atoms with Gasteiger partial charge in [-0.15, -0.1) is 0 Å². The van der Waals surface area contributed by atoms with Gasteiger partial charge in [-0.1, -0.05) is 72.8 Å². The van der Waals surface area contributed by atoms with Crippen molar-refractivity contribution in [1.29, 1.82) is 0 Å². The van der Waals surface area contributed by atoms with Crippen LogP contribution in [0.3, 0.4) is 0 Å². The minimum Gasteiger partial charge on any atom is -0.353 e. The molecule has 6 rings (SSSR count). The van der Waals surface area contributed by atoms with Gasteiger partial charge in [0.15, 0.2) is 5.78 Å². The normalized spacial score (nSPS) is 21.0. The van der Waals surface area contributed by atoms with Crippen LogP contribution in [-0.2, 0) is 4.79 Å². The maximum Gasteiger partial charge on any atom is 0.185 e. The highest BCUT2D eigenvalue weighted by Crippen LogP contribution is 2.47. The second-order valence-electron chi connectivity index (χ2n) is 9.10. The quantitative estimate of drug-likeness (QED) is 0.372. The van der Waals surface area contributed by atoms with Crippen molar-refractivity contribution in [2.24, 2.45) is 5.92 Å². The van der Waals surface area contributed by atoms with Crippen LogP contribution in [0.4, 0.5) is 5.69 Å². The number of anilines is 1. The summed E-state index contributed by atoms with van der Waals surface area (Å²) in [5.41, 5.74) is 5.47. The number of hydrogen-bond donors (Lipinski definition) is 0. The van der Waals surface area contributed by atoms with Crippen LogP contribution in [0.15, 0.2) is 91.0 Å². The standard InChI is InChI=1S/C30H24N2O2/c1-19(33)23-18-28(30(34)21-10-3-2-4-11-21)32-27-14-8-6-12-22(27)17-24(29(23)32)26-16-15-20-9-5-7-13-25(20)31-26/h2-17,23,28-29H,18H2,1H3/t23-,28-,29+/m0/s1. The van der Waals surface area contributed by atoms with Crippen molar-refractivity contribution in [3.8, 4) is 0 Å². The fourth-order valence-electron chi connectivity index (χ4n) is 5.52. The van der Waals surface area contributed by atoms with Crippen LogP contribution < -0.4 is 4.90 Å². The highest BCUT2D eigenvalue weighted by atomic mass is 16.1. The average Bonchev–Trinajstić information content (AvgIpc) is 3.29. The van der Waals surface area contributed by atoms with E-state index in [1.165, 1.54) is 0 Å². The molecular formula is C30H24N2O2. The molecular weight excluding hydrogens is 420 g/mol. The van der Waals surface area contributed by atoms with E-state index in [1.807, 2.05) is 72.8 Å². The van der Waals surface area contributed by atoms with Gasteiger partial charge in [0.25, 0.3) is 0 Å². The highest BCUT2D eigenvalue weighted by molar-refractivity contribution is 6.07. The molecule has 0 bridgehead atoms. The van der Waals surface area contributed by atoms with Gasteiger partial charge in [-0.25, -0.2) is 4.98 Å². The molecule has 2 aliphatic heterocycles. The lowest BCUT2D eigenvalue weighted by Gasteiger charge is -2.38. The molecule has 166 valence electrons. The molecule has 0 amide bonds. The minimum absolute atomic E-state index is 0.0527. The van der Waals surface area contributed by atoms with Gasteiger partial charge in [0.05, 0.1) is 23.3 Å². The number of aromatic nitrogens is 1. The number of hydrogen-bond acceptors (Lipinski definition) is 4. The van der Waals surface area contributed by atoms with E-state index in [0.29, 0.717) is 12.0 Å². The Hall–Kier alpha value is -4.05. The van der Waals surface area contributed by atoms with Crippen molar-refractivity contribution >= 4 is 39.8 Å². The number of nitrogens with zero attached hydrogens (tertiary/aromatic N) is 2. The molecule has 1 fully saturated rings. The fraction of sp³-hybridized carbons (Fsp3) is 0.167. The van der Waals surface area contributed by atoms with Gasteiger partial charge in [0.2, 0.25) is 0 Å². The Morgan fingerprint density at radius 1 is 0.853 bits per heavy atom. The summed E-state index contributed by atoms with van der Waals surface area (Å²) in [7, 11) is 0. The predicted molar refractivity (Wildman–Crippen MR) is 136 cm³/mol. The van der Waals surface area contributed by atoms with E-state index < -0.39 is 6.04 Å². The van der Waals surface area contributed by atoms with E-state index >= 15 is 0 Å². The van der Waals surface area contributed by atoms with Crippen LogP contribution in [0.25, 0.3) is 22.6 Å².